The minimum atomic E-state index is 0.255. The third-order valence-electron chi connectivity index (χ3n) is 0.843. The van der Waals surface area contributed by atoms with Gasteiger partial charge in [0.2, 0.25) is 0 Å². The fourth-order valence-electron chi connectivity index (χ4n) is 0.461. The lowest BCUT2D eigenvalue weighted by atomic mass is 10.5. The van der Waals surface area contributed by atoms with E-state index in [9.17, 15) is 0 Å². The van der Waals surface area contributed by atoms with E-state index in [2.05, 4.69) is 0 Å². The first-order valence-electron chi connectivity index (χ1n) is 2.11. The Balaban J connectivity index is 3.15. The molecule has 0 aliphatic carbocycles. The second-order valence-electron chi connectivity index (χ2n) is 1.35. The van der Waals surface area contributed by atoms with Gasteiger partial charge in [-0.05, 0) is 12.1 Å². The maximum atomic E-state index is 8.64. The highest BCUT2D eigenvalue weighted by atomic mass is 16.5. The van der Waals surface area contributed by atoms with E-state index in [1.54, 1.807) is 12.1 Å². The van der Waals surface area contributed by atoms with Gasteiger partial charge >= 0.3 is 0 Å². The van der Waals surface area contributed by atoms with E-state index in [4.69, 9.17) is 10.5 Å². The molecule has 0 aliphatic heterocycles. The number of nitriles is 1. The van der Waals surface area contributed by atoms with Crippen molar-refractivity contribution in [3.63, 3.8) is 0 Å². The summed E-state index contributed by atoms with van der Waals surface area (Å²) >= 11 is 0. The second-order valence-corrected chi connectivity index (χ2v) is 1.35. The van der Waals surface area contributed by atoms with Crippen molar-refractivity contribution in [2.75, 3.05) is 0 Å². The Labute approximate surface area is 46.4 Å². The molecule has 8 heavy (non-hydrogen) atoms. The van der Waals surface area contributed by atoms with Crippen LogP contribution in [-0.4, -0.2) is 9.94 Å². The molecule has 1 aromatic heterocycles. The van der Waals surface area contributed by atoms with E-state index in [1.807, 2.05) is 0 Å². The molecule has 0 saturated carbocycles. The Morgan fingerprint density at radius 2 is 2.50 bits per heavy atom. The average molecular weight is 108 g/mol. The van der Waals surface area contributed by atoms with Crippen LogP contribution in [-0.2, 0) is 0 Å². The molecule has 0 aromatic carbocycles. The summed E-state index contributed by atoms with van der Waals surface area (Å²) in [6, 6.07) is 4.91. The van der Waals surface area contributed by atoms with Gasteiger partial charge < -0.3 is 5.21 Å². The molecule has 0 aliphatic rings. The van der Waals surface area contributed by atoms with Gasteiger partial charge in [0, 0.05) is 6.20 Å². The number of aromatic nitrogens is 1. The molecule has 1 aromatic rings. The number of hydrogen-bond donors (Lipinski definition) is 1. The van der Waals surface area contributed by atoms with Gasteiger partial charge in [-0.15, -0.1) is 0 Å². The molecule has 40 valence electrons. The topological polar surface area (TPSA) is 49.0 Å². The molecule has 1 heterocycles. The zero-order valence-electron chi connectivity index (χ0n) is 4.07. The lowest BCUT2D eigenvalue weighted by Gasteiger charge is -1.85. The molecule has 1 N–H and O–H groups in total. The standard InChI is InChI=1S/C5H4N2O/c6-4-5-2-1-3-7(5)8/h1-3,8H. The lowest BCUT2D eigenvalue weighted by molar-refractivity contribution is 0.185. The van der Waals surface area contributed by atoms with Crippen LogP contribution in [0.1, 0.15) is 5.69 Å². The van der Waals surface area contributed by atoms with E-state index >= 15 is 0 Å². The molecule has 0 unspecified atom stereocenters. The van der Waals surface area contributed by atoms with Gasteiger partial charge in [-0.2, -0.15) is 9.99 Å². The van der Waals surface area contributed by atoms with Crippen LogP contribution in [0.3, 0.4) is 0 Å². The van der Waals surface area contributed by atoms with Crippen LogP contribution in [0.2, 0.25) is 0 Å². The van der Waals surface area contributed by atoms with Gasteiger partial charge in [0.05, 0.1) is 0 Å². The van der Waals surface area contributed by atoms with Gasteiger partial charge in [-0.1, -0.05) is 0 Å². The van der Waals surface area contributed by atoms with Crippen molar-refractivity contribution in [2.45, 2.75) is 0 Å². The Hall–Kier alpha value is -1.43. The molecule has 0 spiro atoms. The van der Waals surface area contributed by atoms with Crippen molar-refractivity contribution >= 4 is 0 Å². The number of nitrogens with zero attached hydrogens (tertiary/aromatic N) is 2. The molecule has 0 amide bonds. The summed E-state index contributed by atoms with van der Waals surface area (Å²) in [5.41, 5.74) is 0.255. The van der Waals surface area contributed by atoms with Crippen LogP contribution < -0.4 is 0 Å². The third-order valence-corrected chi connectivity index (χ3v) is 0.843. The Morgan fingerprint density at radius 1 is 1.75 bits per heavy atom. The summed E-state index contributed by atoms with van der Waals surface area (Å²) in [6.45, 7) is 0. The molecule has 0 atom stereocenters. The van der Waals surface area contributed by atoms with Gasteiger partial charge in [0.15, 0.2) is 5.69 Å². The molecular formula is C5H4N2O. The molecule has 0 saturated heterocycles. The summed E-state index contributed by atoms with van der Waals surface area (Å²) in [5.74, 6) is 0. The van der Waals surface area contributed by atoms with Crippen molar-refractivity contribution in [1.82, 2.24) is 4.73 Å². The van der Waals surface area contributed by atoms with Crippen LogP contribution in [0.15, 0.2) is 18.3 Å². The molecule has 0 radical (unpaired) electrons. The molecule has 0 fully saturated rings. The third kappa shape index (κ3) is 0.521. The first-order valence-corrected chi connectivity index (χ1v) is 2.11. The van der Waals surface area contributed by atoms with Crippen molar-refractivity contribution in [1.29, 1.82) is 5.26 Å². The normalized spacial score (nSPS) is 8.38. The summed E-state index contributed by atoms with van der Waals surface area (Å²) in [4.78, 5) is 0. The second kappa shape index (κ2) is 1.58. The maximum absolute atomic E-state index is 8.64. The first kappa shape index (κ1) is 4.72. The summed E-state index contributed by atoms with van der Waals surface area (Å²) in [6.07, 6.45) is 1.40. The fourth-order valence-corrected chi connectivity index (χ4v) is 0.461. The van der Waals surface area contributed by atoms with Gasteiger partial charge in [-0.3, -0.25) is 0 Å². The Kier molecular flexibility index (Phi) is 0.935. The van der Waals surface area contributed by atoms with Crippen molar-refractivity contribution in [2.24, 2.45) is 0 Å². The number of hydrogen-bond acceptors (Lipinski definition) is 2. The highest BCUT2D eigenvalue weighted by molar-refractivity contribution is 5.20. The summed E-state index contributed by atoms with van der Waals surface area (Å²) in [7, 11) is 0. The average Bonchev–Trinajstić information content (AvgIpc) is 2.14. The fraction of sp³-hybridized carbons (Fsp3) is 0. The van der Waals surface area contributed by atoms with Gasteiger partial charge in [0.1, 0.15) is 6.07 Å². The first-order chi connectivity index (χ1) is 3.84. The minimum Gasteiger partial charge on any atom is -0.428 e. The SMILES string of the molecule is N#Cc1cccn1O. The Bertz CT molecular complexity index is 221. The van der Waals surface area contributed by atoms with Crippen LogP contribution in [0.25, 0.3) is 0 Å². The van der Waals surface area contributed by atoms with E-state index in [0.29, 0.717) is 0 Å². The summed E-state index contributed by atoms with van der Waals surface area (Å²) < 4.78 is 0.778. The van der Waals surface area contributed by atoms with Crippen LogP contribution in [0.4, 0.5) is 0 Å². The predicted molar refractivity (Wildman–Crippen MR) is 26.3 cm³/mol. The van der Waals surface area contributed by atoms with Crippen molar-refractivity contribution in [3.05, 3.63) is 24.0 Å². The highest BCUT2D eigenvalue weighted by Crippen LogP contribution is 1.93. The van der Waals surface area contributed by atoms with Crippen molar-refractivity contribution in [3.8, 4) is 6.07 Å². The van der Waals surface area contributed by atoms with E-state index < -0.39 is 0 Å². The zero-order valence-corrected chi connectivity index (χ0v) is 4.07. The van der Waals surface area contributed by atoms with E-state index in [-0.39, 0.29) is 5.69 Å². The van der Waals surface area contributed by atoms with Crippen LogP contribution in [0, 0.1) is 11.3 Å². The maximum Gasteiger partial charge on any atom is 0.156 e. The van der Waals surface area contributed by atoms with Crippen molar-refractivity contribution < 1.29 is 5.21 Å². The minimum absolute atomic E-state index is 0.255. The predicted octanol–water partition coefficient (Wildman–Crippen LogP) is 0.597. The van der Waals surface area contributed by atoms with Crippen LogP contribution in [0.5, 0.6) is 0 Å². The smallest absolute Gasteiger partial charge is 0.156 e. The van der Waals surface area contributed by atoms with E-state index in [0.717, 1.165) is 4.73 Å². The molecule has 0 bridgehead atoms. The molecule has 3 nitrogen and oxygen atoms in total. The lowest BCUT2D eigenvalue weighted by Crippen LogP contribution is -1.88. The molecule has 3 heteroatoms. The van der Waals surface area contributed by atoms with Crippen LogP contribution >= 0.6 is 0 Å². The van der Waals surface area contributed by atoms with Gasteiger partial charge in [-0.25, -0.2) is 0 Å². The number of rotatable bonds is 0. The van der Waals surface area contributed by atoms with Gasteiger partial charge in [0.25, 0.3) is 0 Å². The molecular weight excluding hydrogens is 104 g/mol. The van der Waals surface area contributed by atoms with E-state index in [1.165, 1.54) is 12.3 Å². The Morgan fingerprint density at radius 3 is 2.75 bits per heavy atom. The zero-order chi connectivity index (χ0) is 5.98. The highest BCUT2D eigenvalue weighted by Gasteiger charge is 1.91. The largest absolute Gasteiger partial charge is 0.428 e. The molecule has 1 rings (SSSR count). The monoisotopic (exact) mass is 108 g/mol. The summed E-state index contributed by atoms with van der Waals surface area (Å²) in [5, 5.41) is 16.8. The quantitative estimate of drug-likeness (QED) is 0.494.